The van der Waals surface area contributed by atoms with E-state index in [9.17, 15) is 19.5 Å². The number of nitrogens with zero attached hydrogens (tertiary/aromatic N) is 3. The number of nitrogens with two attached hydrogens (primary N) is 1. The van der Waals surface area contributed by atoms with Crippen LogP contribution in [-0.2, 0) is 14.2 Å². The number of carbonyl (C=O) groups excluding carboxylic acids is 3. The molecule has 1 amide bonds. The van der Waals surface area contributed by atoms with Crippen molar-refractivity contribution in [3.05, 3.63) is 82.9 Å². The highest BCUT2D eigenvalue weighted by molar-refractivity contribution is 8.16. The summed E-state index contributed by atoms with van der Waals surface area (Å²) < 4.78 is 17.1. The summed E-state index contributed by atoms with van der Waals surface area (Å²) in [4.78, 5) is 47.5. The molecule has 3 N–H and O–H groups in total. The lowest BCUT2D eigenvalue weighted by molar-refractivity contribution is -0.0877. The number of rotatable bonds is 8. The van der Waals surface area contributed by atoms with E-state index in [1.165, 1.54) is 25.1 Å². The van der Waals surface area contributed by atoms with Crippen LogP contribution in [0.25, 0.3) is 0 Å². The second kappa shape index (κ2) is 13.2. The Morgan fingerprint density at radius 3 is 2.26 bits per heavy atom. The monoisotopic (exact) mass is 554 g/mol. The zero-order valence-corrected chi connectivity index (χ0v) is 22.5. The van der Waals surface area contributed by atoms with E-state index in [4.69, 9.17) is 19.9 Å². The molecule has 0 bridgehead atoms. The second-order valence-corrected chi connectivity index (χ2v) is 9.96. The number of allylic oxidation sites excluding steroid dienone is 1. The fourth-order valence-electron chi connectivity index (χ4n) is 3.63. The highest BCUT2D eigenvalue weighted by Crippen LogP contribution is 2.37. The Bertz CT molecular complexity index is 1250. The zero-order chi connectivity index (χ0) is 28.6. The van der Waals surface area contributed by atoms with E-state index in [1.54, 1.807) is 67.6 Å². The molecule has 1 heterocycles. The van der Waals surface area contributed by atoms with Gasteiger partial charge in [0.1, 0.15) is 18.3 Å². The minimum atomic E-state index is -1.83. The Morgan fingerprint density at radius 2 is 1.69 bits per heavy atom. The number of hydrogen-bond acceptors (Lipinski definition) is 9. The molecule has 0 aromatic heterocycles. The topological polar surface area (TPSA) is 153 Å². The summed E-state index contributed by atoms with van der Waals surface area (Å²) in [5, 5.41) is 11.0. The van der Waals surface area contributed by atoms with Crippen molar-refractivity contribution >= 4 is 41.6 Å². The third-order valence-electron chi connectivity index (χ3n) is 5.87. The van der Waals surface area contributed by atoms with Gasteiger partial charge < -0.3 is 30.0 Å². The van der Waals surface area contributed by atoms with Crippen LogP contribution in [0.3, 0.4) is 0 Å². The fourth-order valence-corrected chi connectivity index (χ4v) is 4.26. The molecule has 39 heavy (non-hydrogen) atoms. The predicted molar refractivity (Wildman–Crippen MR) is 147 cm³/mol. The maximum absolute atomic E-state index is 13.1. The molecular weight excluding hydrogens is 524 g/mol. The van der Waals surface area contributed by atoms with Gasteiger partial charge in [-0.15, -0.1) is 0 Å². The molecule has 11 nitrogen and oxygen atoms in total. The standard InChI is InChI=1S/C27H30N4O7S/c1-17(15-30-25(28)29-3)39-26(34)31(4)22-21(38-24(33)19-13-9-6-10-14-19)27(2,35)20(37-22)16-36-23(32)18-11-7-5-8-12-18/h5-15,20-22,35H,3,16H2,1-2,4H3,(H2,28,30)/b17-15+/t20-,21+,22-,27-/m1/s1. The minimum absolute atomic E-state index is 0.0632. The molecule has 206 valence electrons. The van der Waals surface area contributed by atoms with Gasteiger partial charge in [0.15, 0.2) is 12.3 Å². The molecule has 0 radical (unpaired) electrons. The van der Waals surface area contributed by atoms with Crippen LogP contribution in [0.1, 0.15) is 34.6 Å². The Hall–Kier alpha value is -4.00. The summed E-state index contributed by atoms with van der Waals surface area (Å²) in [7, 11) is 1.44. The first-order valence-corrected chi connectivity index (χ1v) is 12.6. The van der Waals surface area contributed by atoms with Gasteiger partial charge in [0, 0.05) is 18.2 Å². The largest absolute Gasteiger partial charge is 0.459 e. The van der Waals surface area contributed by atoms with E-state index < -0.39 is 41.2 Å². The number of hydrogen-bond donors (Lipinski definition) is 2. The average Bonchev–Trinajstić information content (AvgIpc) is 3.19. The number of likely N-dealkylation sites (N-methyl/N-ethyl adjacent to an activating group) is 1. The Balaban J connectivity index is 1.81. The zero-order valence-electron chi connectivity index (χ0n) is 21.7. The molecule has 4 atom stereocenters. The van der Waals surface area contributed by atoms with E-state index in [0.717, 1.165) is 11.8 Å². The van der Waals surface area contributed by atoms with Crippen molar-refractivity contribution in [1.29, 1.82) is 0 Å². The van der Waals surface area contributed by atoms with E-state index >= 15 is 0 Å². The molecule has 1 saturated heterocycles. The van der Waals surface area contributed by atoms with Crippen molar-refractivity contribution in [2.75, 3.05) is 13.7 Å². The molecule has 0 spiro atoms. The Labute approximate surface area is 230 Å². The number of aliphatic imine (C=N–C) groups is 2. The average molecular weight is 555 g/mol. The van der Waals surface area contributed by atoms with Gasteiger partial charge in [-0.2, -0.15) is 0 Å². The number of carbonyl (C=O) groups is 3. The highest BCUT2D eigenvalue weighted by atomic mass is 32.2. The van der Waals surface area contributed by atoms with Crippen molar-refractivity contribution in [2.24, 2.45) is 15.7 Å². The quantitative estimate of drug-likeness (QED) is 0.284. The second-order valence-electron chi connectivity index (χ2n) is 8.76. The summed E-state index contributed by atoms with van der Waals surface area (Å²) in [6, 6.07) is 16.5. The fraction of sp³-hybridized carbons (Fsp3) is 0.296. The summed E-state index contributed by atoms with van der Waals surface area (Å²) >= 11 is 0.817. The molecule has 1 fully saturated rings. The van der Waals surface area contributed by atoms with Crippen LogP contribution in [0.5, 0.6) is 0 Å². The van der Waals surface area contributed by atoms with Crippen LogP contribution in [-0.4, -0.2) is 77.6 Å². The molecule has 12 heteroatoms. The van der Waals surface area contributed by atoms with Gasteiger partial charge in [-0.1, -0.05) is 36.4 Å². The van der Waals surface area contributed by atoms with Crippen molar-refractivity contribution < 1.29 is 33.7 Å². The van der Waals surface area contributed by atoms with Crippen LogP contribution in [0, 0.1) is 0 Å². The minimum Gasteiger partial charge on any atom is -0.459 e. The molecule has 1 aliphatic heterocycles. The highest BCUT2D eigenvalue weighted by Gasteiger charge is 2.57. The number of thioether (sulfide) groups is 1. The summed E-state index contributed by atoms with van der Waals surface area (Å²) in [5.41, 5.74) is 4.24. The molecular formula is C27H30N4O7S. The Kier molecular flexibility index (Phi) is 9.99. The van der Waals surface area contributed by atoms with Gasteiger partial charge in [0.2, 0.25) is 5.96 Å². The smallest absolute Gasteiger partial charge is 0.338 e. The SMILES string of the molecule is C=N/C(N)=N\C=C(/C)SC(=O)N(C)[C@@H]1O[C@H](COC(=O)c2ccccc2)[C@@](C)(O)[C@H]1OC(=O)c1ccccc1. The number of ether oxygens (including phenoxy) is 3. The van der Waals surface area contributed by atoms with E-state index in [0.29, 0.717) is 10.5 Å². The van der Waals surface area contributed by atoms with E-state index in [2.05, 4.69) is 16.7 Å². The maximum Gasteiger partial charge on any atom is 0.338 e. The van der Waals surface area contributed by atoms with Crippen LogP contribution in [0.2, 0.25) is 0 Å². The number of aliphatic hydroxyl groups is 1. The Morgan fingerprint density at radius 1 is 1.13 bits per heavy atom. The lowest BCUT2D eigenvalue weighted by Gasteiger charge is -2.32. The molecule has 3 rings (SSSR count). The molecule has 0 aliphatic carbocycles. The molecule has 2 aromatic carbocycles. The van der Waals surface area contributed by atoms with Gasteiger partial charge in [-0.25, -0.2) is 19.6 Å². The van der Waals surface area contributed by atoms with Gasteiger partial charge in [-0.3, -0.25) is 4.79 Å². The first-order valence-electron chi connectivity index (χ1n) is 11.8. The first kappa shape index (κ1) is 29.6. The number of esters is 2. The van der Waals surface area contributed by atoms with Crippen molar-refractivity contribution in [2.45, 2.75) is 37.9 Å². The van der Waals surface area contributed by atoms with Crippen LogP contribution >= 0.6 is 11.8 Å². The third-order valence-corrected chi connectivity index (χ3v) is 6.76. The predicted octanol–water partition coefficient (Wildman–Crippen LogP) is 3.21. The lowest BCUT2D eigenvalue weighted by atomic mass is 9.94. The normalized spacial score (nSPS) is 23.1. The van der Waals surface area contributed by atoms with Crippen LogP contribution in [0.4, 0.5) is 4.79 Å². The van der Waals surface area contributed by atoms with Crippen LogP contribution in [0.15, 0.2) is 81.8 Å². The summed E-state index contributed by atoms with van der Waals surface area (Å²) in [5.74, 6) is -1.40. The number of benzene rings is 2. The summed E-state index contributed by atoms with van der Waals surface area (Å²) in [6.45, 7) is 5.95. The molecule has 2 aromatic rings. The van der Waals surface area contributed by atoms with Gasteiger partial charge in [0.25, 0.3) is 5.24 Å². The lowest BCUT2D eigenvalue weighted by Crippen LogP contribution is -2.52. The summed E-state index contributed by atoms with van der Waals surface area (Å²) in [6.07, 6.45) is -2.29. The third kappa shape index (κ3) is 7.53. The maximum atomic E-state index is 13.1. The molecule has 0 unspecified atom stereocenters. The van der Waals surface area contributed by atoms with Crippen LogP contribution < -0.4 is 5.73 Å². The van der Waals surface area contributed by atoms with Crippen molar-refractivity contribution in [3.8, 4) is 0 Å². The van der Waals surface area contributed by atoms with Crippen molar-refractivity contribution in [3.63, 3.8) is 0 Å². The number of amides is 1. The van der Waals surface area contributed by atoms with E-state index in [-0.39, 0.29) is 18.1 Å². The van der Waals surface area contributed by atoms with Gasteiger partial charge in [-0.05, 0) is 56.6 Å². The van der Waals surface area contributed by atoms with Gasteiger partial charge >= 0.3 is 11.9 Å². The van der Waals surface area contributed by atoms with Crippen molar-refractivity contribution in [1.82, 2.24) is 4.90 Å². The molecule has 0 saturated carbocycles. The van der Waals surface area contributed by atoms with Gasteiger partial charge in [0.05, 0.1) is 11.1 Å². The first-order chi connectivity index (χ1) is 18.5. The molecule has 1 aliphatic rings. The van der Waals surface area contributed by atoms with E-state index in [1.807, 2.05) is 0 Å². The number of guanidine groups is 1.